The summed E-state index contributed by atoms with van der Waals surface area (Å²) in [5.41, 5.74) is 0.814. The van der Waals surface area contributed by atoms with Gasteiger partial charge in [0.1, 0.15) is 17.6 Å². The highest BCUT2D eigenvalue weighted by atomic mass is 19.1. The average molecular weight is 344 g/mol. The minimum atomic E-state index is -0.748. The van der Waals surface area contributed by atoms with Crippen LogP contribution in [0.3, 0.4) is 0 Å². The van der Waals surface area contributed by atoms with Gasteiger partial charge in [-0.2, -0.15) is 0 Å². The quantitative estimate of drug-likeness (QED) is 0.845. The molecule has 0 spiro atoms. The molecular formula is C19H21FN2O3. The number of ether oxygens (including phenoxy) is 1. The van der Waals surface area contributed by atoms with Crippen LogP contribution in [0.4, 0.5) is 10.1 Å². The Morgan fingerprint density at radius 1 is 1.04 bits per heavy atom. The number of amides is 2. The highest BCUT2D eigenvalue weighted by Gasteiger charge is 2.25. The van der Waals surface area contributed by atoms with E-state index in [1.807, 2.05) is 13.8 Å². The number of nitrogens with one attached hydrogen (secondary N) is 2. The van der Waals surface area contributed by atoms with Crippen molar-refractivity contribution < 1.29 is 18.7 Å². The van der Waals surface area contributed by atoms with E-state index in [1.165, 1.54) is 31.4 Å². The third kappa shape index (κ3) is 4.79. The van der Waals surface area contributed by atoms with Crippen LogP contribution in [-0.4, -0.2) is 25.0 Å². The molecule has 0 aliphatic rings. The number of hydrogen-bond acceptors (Lipinski definition) is 3. The van der Waals surface area contributed by atoms with E-state index in [2.05, 4.69) is 10.6 Å². The molecule has 0 aromatic heterocycles. The summed E-state index contributed by atoms with van der Waals surface area (Å²) in [6.07, 6.45) is 0. The molecule has 0 heterocycles. The average Bonchev–Trinajstić information content (AvgIpc) is 2.60. The van der Waals surface area contributed by atoms with Crippen LogP contribution >= 0.6 is 0 Å². The Morgan fingerprint density at radius 2 is 1.68 bits per heavy atom. The fourth-order valence-electron chi connectivity index (χ4n) is 2.32. The van der Waals surface area contributed by atoms with Gasteiger partial charge in [0.25, 0.3) is 5.91 Å². The molecule has 25 heavy (non-hydrogen) atoms. The van der Waals surface area contributed by atoms with Crippen molar-refractivity contribution in [3.05, 3.63) is 59.9 Å². The van der Waals surface area contributed by atoms with E-state index in [0.717, 1.165) is 0 Å². The number of rotatable bonds is 6. The second-order valence-corrected chi connectivity index (χ2v) is 5.89. The van der Waals surface area contributed by atoms with Crippen molar-refractivity contribution in [3.63, 3.8) is 0 Å². The van der Waals surface area contributed by atoms with Crippen molar-refractivity contribution in [3.8, 4) is 5.75 Å². The number of carbonyl (C=O) groups excluding carboxylic acids is 2. The maximum atomic E-state index is 13.0. The highest BCUT2D eigenvalue weighted by molar-refractivity contribution is 6.01. The lowest BCUT2D eigenvalue weighted by atomic mass is 10.0. The molecule has 5 nitrogen and oxygen atoms in total. The first-order valence-electron chi connectivity index (χ1n) is 7.92. The first-order valence-corrected chi connectivity index (χ1v) is 7.92. The van der Waals surface area contributed by atoms with Gasteiger partial charge in [-0.3, -0.25) is 9.59 Å². The summed E-state index contributed by atoms with van der Waals surface area (Å²) in [7, 11) is 1.52. The maximum Gasteiger partial charge on any atom is 0.251 e. The van der Waals surface area contributed by atoms with E-state index < -0.39 is 17.8 Å². The zero-order chi connectivity index (χ0) is 18.4. The number of methoxy groups -OCH3 is 1. The third-order valence-corrected chi connectivity index (χ3v) is 3.71. The zero-order valence-electron chi connectivity index (χ0n) is 14.4. The number of carbonyl (C=O) groups is 2. The summed E-state index contributed by atoms with van der Waals surface area (Å²) in [6, 6.07) is 11.4. The summed E-state index contributed by atoms with van der Waals surface area (Å²) in [6.45, 7) is 3.66. The molecule has 0 aliphatic carbocycles. The van der Waals surface area contributed by atoms with Crippen LogP contribution in [0, 0.1) is 11.7 Å². The van der Waals surface area contributed by atoms with Gasteiger partial charge in [0.2, 0.25) is 5.91 Å². The van der Waals surface area contributed by atoms with Crippen molar-refractivity contribution >= 4 is 17.5 Å². The number of hydrogen-bond donors (Lipinski definition) is 2. The van der Waals surface area contributed by atoms with Crippen LogP contribution in [0.25, 0.3) is 0 Å². The Hall–Kier alpha value is -2.89. The lowest BCUT2D eigenvalue weighted by Gasteiger charge is -2.22. The second kappa shape index (κ2) is 8.28. The van der Waals surface area contributed by atoms with Crippen LogP contribution in [0.15, 0.2) is 48.5 Å². The van der Waals surface area contributed by atoms with Crippen molar-refractivity contribution in [1.29, 1.82) is 0 Å². The molecule has 0 aliphatic heterocycles. The first kappa shape index (κ1) is 18.4. The molecule has 2 N–H and O–H groups in total. The van der Waals surface area contributed by atoms with Crippen molar-refractivity contribution in [2.24, 2.45) is 5.92 Å². The van der Waals surface area contributed by atoms with Crippen molar-refractivity contribution in [2.75, 3.05) is 12.4 Å². The third-order valence-electron chi connectivity index (χ3n) is 3.71. The molecule has 2 amide bonds. The predicted molar refractivity (Wildman–Crippen MR) is 94.1 cm³/mol. The van der Waals surface area contributed by atoms with Crippen LogP contribution in [0.2, 0.25) is 0 Å². The molecule has 0 bridgehead atoms. The topological polar surface area (TPSA) is 67.4 Å². The summed E-state index contributed by atoms with van der Waals surface area (Å²) in [5.74, 6) is -0.822. The SMILES string of the molecule is COc1ccccc1NC(=O)C(NC(=O)c1ccc(F)cc1)C(C)C. The standard InChI is InChI=1S/C19H21FN2O3/c1-12(2)17(22-18(23)13-8-10-14(20)11-9-13)19(24)21-15-6-4-5-7-16(15)25-3/h4-12,17H,1-3H3,(H,21,24)(H,22,23). The van der Waals surface area contributed by atoms with Gasteiger partial charge in [0.05, 0.1) is 12.8 Å². The van der Waals surface area contributed by atoms with Crippen molar-refractivity contribution in [2.45, 2.75) is 19.9 Å². The molecule has 2 aromatic carbocycles. The Balaban J connectivity index is 2.12. The predicted octanol–water partition coefficient (Wildman–Crippen LogP) is 3.23. The van der Waals surface area contributed by atoms with Gasteiger partial charge in [0.15, 0.2) is 0 Å². The summed E-state index contributed by atoms with van der Waals surface area (Å²) >= 11 is 0. The van der Waals surface area contributed by atoms with Gasteiger partial charge in [-0.1, -0.05) is 26.0 Å². The minimum absolute atomic E-state index is 0.140. The lowest BCUT2D eigenvalue weighted by molar-refractivity contribution is -0.118. The van der Waals surface area contributed by atoms with E-state index in [-0.39, 0.29) is 17.4 Å². The molecule has 0 saturated heterocycles. The first-order chi connectivity index (χ1) is 11.9. The molecule has 0 fully saturated rings. The molecule has 1 unspecified atom stereocenters. The molecule has 132 valence electrons. The fourth-order valence-corrected chi connectivity index (χ4v) is 2.32. The van der Waals surface area contributed by atoms with Gasteiger partial charge in [-0.15, -0.1) is 0 Å². The summed E-state index contributed by atoms with van der Waals surface area (Å²) in [4.78, 5) is 24.9. The smallest absolute Gasteiger partial charge is 0.251 e. The van der Waals surface area contributed by atoms with E-state index in [0.29, 0.717) is 11.4 Å². The van der Waals surface area contributed by atoms with Crippen LogP contribution in [-0.2, 0) is 4.79 Å². The lowest BCUT2D eigenvalue weighted by Crippen LogP contribution is -2.47. The van der Waals surface area contributed by atoms with Crippen LogP contribution < -0.4 is 15.4 Å². The highest BCUT2D eigenvalue weighted by Crippen LogP contribution is 2.23. The van der Waals surface area contributed by atoms with E-state index in [1.54, 1.807) is 24.3 Å². The van der Waals surface area contributed by atoms with E-state index >= 15 is 0 Å². The summed E-state index contributed by atoms with van der Waals surface area (Å²) < 4.78 is 18.2. The number of halogens is 1. The largest absolute Gasteiger partial charge is 0.495 e. The fraction of sp³-hybridized carbons (Fsp3) is 0.263. The molecular weight excluding hydrogens is 323 g/mol. The Kier molecular flexibility index (Phi) is 6.11. The zero-order valence-corrected chi connectivity index (χ0v) is 14.4. The monoisotopic (exact) mass is 344 g/mol. The van der Waals surface area contributed by atoms with Gasteiger partial charge in [-0.05, 0) is 42.3 Å². The van der Waals surface area contributed by atoms with Gasteiger partial charge in [0, 0.05) is 5.56 Å². The van der Waals surface area contributed by atoms with Gasteiger partial charge in [-0.25, -0.2) is 4.39 Å². The van der Waals surface area contributed by atoms with Gasteiger partial charge >= 0.3 is 0 Å². The van der Waals surface area contributed by atoms with Crippen LogP contribution in [0.5, 0.6) is 5.75 Å². The molecule has 0 saturated carbocycles. The number of para-hydroxylation sites is 2. The minimum Gasteiger partial charge on any atom is -0.495 e. The van der Waals surface area contributed by atoms with E-state index in [9.17, 15) is 14.0 Å². The van der Waals surface area contributed by atoms with E-state index in [4.69, 9.17) is 4.74 Å². The maximum absolute atomic E-state index is 13.0. The molecule has 1 atom stereocenters. The summed E-state index contributed by atoms with van der Waals surface area (Å²) in [5, 5.41) is 5.47. The molecule has 6 heteroatoms. The Bertz CT molecular complexity index is 745. The Morgan fingerprint density at radius 3 is 2.28 bits per heavy atom. The molecule has 2 rings (SSSR count). The van der Waals surface area contributed by atoms with Crippen molar-refractivity contribution in [1.82, 2.24) is 5.32 Å². The van der Waals surface area contributed by atoms with Crippen LogP contribution in [0.1, 0.15) is 24.2 Å². The second-order valence-electron chi connectivity index (χ2n) is 5.89. The number of benzene rings is 2. The molecule has 0 radical (unpaired) electrons. The molecule has 2 aromatic rings. The van der Waals surface area contributed by atoms with Gasteiger partial charge < -0.3 is 15.4 Å². The normalized spacial score (nSPS) is 11.7. The Labute approximate surface area is 146 Å². The number of anilines is 1.